The van der Waals surface area contributed by atoms with E-state index < -0.39 is 35.2 Å². The molecule has 1 fully saturated rings. The van der Waals surface area contributed by atoms with E-state index in [9.17, 15) is 14.4 Å². The van der Waals surface area contributed by atoms with Crippen LogP contribution in [-0.4, -0.2) is 27.2 Å². The van der Waals surface area contributed by atoms with Gasteiger partial charge in [-0.15, -0.1) is 6.42 Å². The quantitative estimate of drug-likeness (QED) is 0.655. The second-order valence-electron chi connectivity index (χ2n) is 5.74. The van der Waals surface area contributed by atoms with Gasteiger partial charge in [0, 0.05) is 24.6 Å². The molecule has 2 heterocycles. The molecule has 0 saturated carbocycles. The molecular weight excluding hydrogens is 300 g/mol. The number of hydrogen-bond donors (Lipinski definition) is 1. The van der Waals surface area contributed by atoms with Crippen LogP contribution in [0.25, 0.3) is 0 Å². The summed E-state index contributed by atoms with van der Waals surface area (Å²) in [6, 6.07) is 0. The summed E-state index contributed by atoms with van der Waals surface area (Å²) in [5, 5.41) is 0. The Balaban J connectivity index is 2.57. The molecule has 0 spiro atoms. The lowest BCUT2D eigenvalue weighted by Crippen LogP contribution is -2.38. The molecule has 1 aromatic rings. The van der Waals surface area contributed by atoms with Gasteiger partial charge in [0.2, 0.25) is 0 Å². The van der Waals surface area contributed by atoms with E-state index in [2.05, 4.69) is 10.9 Å². The van der Waals surface area contributed by atoms with E-state index in [1.807, 2.05) is 13.8 Å². The molecule has 1 N–H and O–H groups in total. The minimum atomic E-state index is -0.950. The van der Waals surface area contributed by atoms with Gasteiger partial charge < -0.3 is 9.47 Å². The topological polar surface area (TPSA) is 90.4 Å². The van der Waals surface area contributed by atoms with Gasteiger partial charge in [-0.1, -0.05) is 19.8 Å². The van der Waals surface area contributed by atoms with E-state index in [-0.39, 0.29) is 5.92 Å². The first-order valence-corrected chi connectivity index (χ1v) is 7.40. The lowest BCUT2D eigenvalue weighted by molar-refractivity contribution is -0.154. The fraction of sp³-hybridized carbons (Fsp3) is 0.562. The molecule has 23 heavy (non-hydrogen) atoms. The third-order valence-corrected chi connectivity index (χ3v) is 4.33. The summed E-state index contributed by atoms with van der Waals surface area (Å²) in [7, 11) is 0. The largest absolute Gasteiger partial charge is 0.457 e. The highest BCUT2D eigenvalue weighted by Gasteiger charge is 2.53. The summed E-state index contributed by atoms with van der Waals surface area (Å²) in [5.41, 5.74) is -1.72. The second-order valence-corrected chi connectivity index (χ2v) is 5.74. The molecule has 124 valence electrons. The summed E-state index contributed by atoms with van der Waals surface area (Å²) in [6.07, 6.45) is 5.89. The van der Waals surface area contributed by atoms with Crippen molar-refractivity contribution in [2.75, 3.05) is 0 Å². The zero-order valence-corrected chi connectivity index (χ0v) is 13.6. The first kappa shape index (κ1) is 17.0. The molecule has 1 aliphatic heterocycles. The molecule has 7 heteroatoms. The van der Waals surface area contributed by atoms with Crippen molar-refractivity contribution in [1.29, 1.82) is 0 Å². The minimum absolute atomic E-state index is 0.314. The zero-order chi connectivity index (χ0) is 17.4. The van der Waals surface area contributed by atoms with Crippen LogP contribution in [0.4, 0.5) is 0 Å². The van der Waals surface area contributed by atoms with Crippen LogP contribution in [0.15, 0.2) is 15.8 Å². The molecule has 1 aromatic heterocycles. The average molecular weight is 320 g/mol. The number of ether oxygens (including phenoxy) is 2. The van der Waals surface area contributed by atoms with E-state index in [1.165, 1.54) is 17.7 Å². The van der Waals surface area contributed by atoms with E-state index in [0.717, 1.165) is 0 Å². The van der Waals surface area contributed by atoms with Crippen molar-refractivity contribution >= 4 is 5.97 Å². The number of nitrogens with one attached hydrogen (secondary N) is 1. The van der Waals surface area contributed by atoms with Crippen molar-refractivity contribution < 1.29 is 14.3 Å². The summed E-state index contributed by atoms with van der Waals surface area (Å²) in [6.45, 7) is 6.54. The van der Waals surface area contributed by atoms with Crippen LogP contribution in [0, 0.1) is 25.2 Å². The number of carbonyl (C=O) groups excluding carboxylic acids is 1. The van der Waals surface area contributed by atoms with E-state index in [1.54, 1.807) is 6.92 Å². The van der Waals surface area contributed by atoms with Crippen LogP contribution in [0.3, 0.4) is 0 Å². The van der Waals surface area contributed by atoms with Gasteiger partial charge in [-0.05, 0) is 13.3 Å². The summed E-state index contributed by atoms with van der Waals surface area (Å²) < 4.78 is 12.5. The molecular formula is C16H20N2O5. The van der Waals surface area contributed by atoms with Crippen molar-refractivity contribution in [3.8, 4) is 12.3 Å². The van der Waals surface area contributed by atoms with Crippen molar-refractivity contribution in [2.24, 2.45) is 5.92 Å². The van der Waals surface area contributed by atoms with Gasteiger partial charge in [-0.3, -0.25) is 19.1 Å². The number of aromatic amines is 1. The SMILES string of the molecule is C#C[C@]1(CC)O[C@@H](n2cc(C)c(=O)[nH]c2=O)[C@@H](OC(C)=O)C1C. The fourth-order valence-corrected chi connectivity index (χ4v) is 2.92. The predicted molar refractivity (Wildman–Crippen MR) is 82.8 cm³/mol. The molecule has 0 amide bonds. The molecule has 7 nitrogen and oxygen atoms in total. The van der Waals surface area contributed by atoms with Gasteiger partial charge in [0.1, 0.15) is 5.60 Å². The maximum atomic E-state index is 12.1. The van der Waals surface area contributed by atoms with Crippen LogP contribution in [0.5, 0.6) is 0 Å². The van der Waals surface area contributed by atoms with Gasteiger partial charge >= 0.3 is 11.7 Å². The van der Waals surface area contributed by atoms with Crippen LogP contribution in [0.1, 0.15) is 39.0 Å². The number of H-pyrrole nitrogens is 1. The van der Waals surface area contributed by atoms with Gasteiger partial charge in [-0.2, -0.15) is 0 Å². The number of hydrogen-bond acceptors (Lipinski definition) is 5. The Kier molecular flexibility index (Phi) is 4.48. The highest BCUT2D eigenvalue weighted by Crippen LogP contribution is 2.44. The molecule has 0 aromatic carbocycles. The van der Waals surface area contributed by atoms with E-state index in [0.29, 0.717) is 12.0 Å². The number of nitrogens with zero attached hydrogens (tertiary/aromatic N) is 1. The zero-order valence-electron chi connectivity index (χ0n) is 13.6. The Hall–Kier alpha value is -2.33. The lowest BCUT2D eigenvalue weighted by atomic mass is 9.85. The van der Waals surface area contributed by atoms with Gasteiger partial charge in [-0.25, -0.2) is 4.79 Å². The Morgan fingerprint density at radius 2 is 2.22 bits per heavy atom. The third-order valence-electron chi connectivity index (χ3n) is 4.33. The fourth-order valence-electron chi connectivity index (χ4n) is 2.92. The Bertz CT molecular complexity index is 772. The van der Waals surface area contributed by atoms with Crippen LogP contribution in [-0.2, 0) is 14.3 Å². The van der Waals surface area contributed by atoms with Crippen molar-refractivity contribution in [3.05, 3.63) is 32.6 Å². The standard InChI is InChI=1S/C16H20N2O5/c1-6-16(7-2)10(4)12(22-11(5)19)14(23-16)18-8-9(3)13(20)17-15(18)21/h1,8,10,12,14H,7H2,2-5H3,(H,17,20,21)/t10?,12-,14+,16+/m0/s1. The first-order chi connectivity index (χ1) is 10.8. The van der Waals surface area contributed by atoms with Gasteiger partial charge in [0.25, 0.3) is 5.56 Å². The average Bonchev–Trinajstić information content (AvgIpc) is 2.76. The van der Waals surface area contributed by atoms with Crippen molar-refractivity contribution in [3.63, 3.8) is 0 Å². The number of aryl methyl sites for hydroxylation is 1. The van der Waals surface area contributed by atoms with Crippen LogP contribution in [0.2, 0.25) is 0 Å². The maximum absolute atomic E-state index is 12.1. The summed E-state index contributed by atoms with van der Waals surface area (Å²) in [4.78, 5) is 37.3. The normalized spacial score (nSPS) is 30.0. The number of terminal acetylenes is 1. The molecule has 0 radical (unpaired) electrons. The lowest BCUT2D eigenvalue weighted by Gasteiger charge is -2.25. The molecule has 1 aliphatic rings. The van der Waals surface area contributed by atoms with Crippen molar-refractivity contribution in [1.82, 2.24) is 9.55 Å². The van der Waals surface area contributed by atoms with Crippen molar-refractivity contribution in [2.45, 2.75) is 52.0 Å². The number of carbonyl (C=O) groups is 1. The van der Waals surface area contributed by atoms with Gasteiger partial charge in [0.05, 0.1) is 0 Å². The summed E-state index contributed by atoms with van der Waals surface area (Å²) >= 11 is 0. The molecule has 1 unspecified atom stereocenters. The Labute approximate surface area is 133 Å². The highest BCUT2D eigenvalue weighted by atomic mass is 16.6. The van der Waals surface area contributed by atoms with Gasteiger partial charge in [0.15, 0.2) is 12.3 Å². The number of esters is 1. The maximum Gasteiger partial charge on any atom is 0.330 e. The number of aromatic nitrogens is 2. The van der Waals surface area contributed by atoms with E-state index >= 15 is 0 Å². The molecule has 4 atom stereocenters. The third kappa shape index (κ3) is 2.82. The molecule has 0 bridgehead atoms. The van der Waals surface area contributed by atoms with Crippen LogP contribution >= 0.6 is 0 Å². The monoisotopic (exact) mass is 320 g/mol. The highest BCUT2D eigenvalue weighted by molar-refractivity contribution is 5.66. The van der Waals surface area contributed by atoms with E-state index in [4.69, 9.17) is 15.9 Å². The molecule has 2 rings (SSSR count). The summed E-state index contributed by atoms with van der Waals surface area (Å²) in [5.74, 6) is 1.82. The Morgan fingerprint density at radius 1 is 1.57 bits per heavy atom. The first-order valence-electron chi connectivity index (χ1n) is 7.40. The molecule has 1 saturated heterocycles. The minimum Gasteiger partial charge on any atom is -0.457 e. The second kappa shape index (κ2) is 6.05. The van der Waals surface area contributed by atoms with Crippen LogP contribution < -0.4 is 11.2 Å². The number of rotatable bonds is 3. The smallest absolute Gasteiger partial charge is 0.330 e. The Morgan fingerprint density at radius 3 is 2.74 bits per heavy atom. The predicted octanol–water partition coefficient (Wildman–Crippen LogP) is 0.724. The molecule has 0 aliphatic carbocycles.